The highest BCUT2D eigenvalue weighted by molar-refractivity contribution is 6.23. The van der Waals surface area contributed by atoms with Crippen LogP contribution in [0.1, 0.15) is 0 Å². The minimum Gasteiger partial charge on any atom is -0.456 e. The molecule has 5 aromatic heterocycles. The minimum atomic E-state index is 0.0127. The molecule has 5 nitrogen and oxygen atoms in total. The molecule has 0 radical (unpaired) electrons. The highest BCUT2D eigenvalue weighted by Crippen LogP contribution is 2.44. The summed E-state index contributed by atoms with van der Waals surface area (Å²) in [6.07, 6.45) is 0. The Kier molecular flexibility index (Phi) is 7.03. The van der Waals surface area contributed by atoms with Crippen molar-refractivity contribution in [2.45, 2.75) is 0 Å². The summed E-state index contributed by atoms with van der Waals surface area (Å²) >= 11 is 0. The second-order valence-electron chi connectivity index (χ2n) is 17.6. The molecule has 0 aliphatic heterocycles. The smallest absolute Gasteiger partial charge is 0.263 e. The predicted octanol–water partition coefficient (Wildman–Crippen LogP) is 15.6. The molecule has 0 atom stereocenters. The first-order valence-corrected chi connectivity index (χ1v) is 22.5. The lowest BCUT2D eigenvalue weighted by Gasteiger charge is -2.11. The molecule has 0 fully saturated rings. The summed E-state index contributed by atoms with van der Waals surface area (Å²) < 4.78 is 13.3. The van der Waals surface area contributed by atoms with Crippen LogP contribution in [0, 0.1) is 0 Å². The van der Waals surface area contributed by atoms with Crippen LogP contribution in [0.3, 0.4) is 0 Å². The molecule has 10 aromatic carbocycles. The number of para-hydroxylation sites is 4. The fourth-order valence-corrected chi connectivity index (χ4v) is 11.3. The largest absolute Gasteiger partial charge is 0.456 e. The molecule has 0 unspecified atom stereocenters. The average molecular weight is 842 g/mol. The summed E-state index contributed by atoms with van der Waals surface area (Å²) in [6.45, 7) is 0. The molecule has 0 N–H and O–H groups in total. The van der Waals surface area contributed by atoms with Crippen LogP contribution < -0.4 is 5.56 Å². The van der Waals surface area contributed by atoms with Crippen molar-refractivity contribution in [2.75, 3.05) is 0 Å². The van der Waals surface area contributed by atoms with Gasteiger partial charge in [0.2, 0.25) is 0 Å². The van der Waals surface area contributed by atoms with Crippen molar-refractivity contribution in [1.29, 1.82) is 0 Å². The van der Waals surface area contributed by atoms with Crippen LogP contribution in [0.2, 0.25) is 0 Å². The van der Waals surface area contributed by atoms with Crippen molar-refractivity contribution < 1.29 is 4.42 Å². The van der Waals surface area contributed by atoms with Crippen molar-refractivity contribution in [1.82, 2.24) is 13.5 Å². The topological polar surface area (TPSA) is 44.5 Å². The second kappa shape index (κ2) is 13.1. The van der Waals surface area contributed by atoms with Gasteiger partial charge in [-0.25, -0.2) is 0 Å². The summed E-state index contributed by atoms with van der Waals surface area (Å²) in [4.78, 5) is 14.1. The first-order chi connectivity index (χ1) is 32.7. The van der Waals surface area contributed by atoms with Crippen molar-refractivity contribution in [3.8, 4) is 33.6 Å². The molecular formula is C61H35N3O2. The first kappa shape index (κ1) is 35.5. The van der Waals surface area contributed by atoms with E-state index >= 15 is 0 Å². The predicted molar refractivity (Wildman–Crippen MR) is 274 cm³/mol. The molecule has 0 saturated carbocycles. The fourth-order valence-electron chi connectivity index (χ4n) is 11.3. The van der Waals surface area contributed by atoms with Crippen molar-refractivity contribution in [2.24, 2.45) is 0 Å². The Morgan fingerprint density at radius 3 is 1.53 bits per heavy atom. The summed E-state index contributed by atoms with van der Waals surface area (Å²) in [7, 11) is 0. The monoisotopic (exact) mass is 841 g/mol. The minimum absolute atomic E-state index is 0.0127. The number of aromatic nitrogens is 3. The Bertz CT molecular complexity index is 4600. The first-order valence-electron chi connectivity index (χ1n) is 22.5. The molecule has 0 saturated heterocycles. The summed E-state index contributed by atoms with van der Waals surface area (Å²) in [5.41, 5.74) is 15.0. The van der Waals surface area contributed by atoms with E-state index in [4.69, 9.17) is 4.42 Å². The number of fused-ring (bicyclic) bond motifs is 14. The van der Waals surface area contributed by atoms with Crippen LogP contribution in [-0.4, -0.2) is 13.5 Å². The maximum absolute atomic E-state index is 14.1. The zero-order valence-electron chi connectivity index (χ0n) is 35.4. The quantitative estimate of drug-likeness (QED) is 0.166. The normalized spacial score (nSPS) is 12.3. The van der Waals surface area contributed by atoms with E-state index in [9.17, 15) is 4.79 Å². The van der Waals surface area contributed by atoms with Crippen LogP contribution in [0.4, 0.5) is 0 Å². The number of nitrogens with zero attached hydrogens (tertiary/aromatic N) is 3. The van der Waals surface area contributed by atoms with Crippen molar-refractivity contribution in [3.63, 3.8) is 0 Å². The second-order valence-corrected chi connectivity index (χ2v) is 17.6. The number of hydrogen-bond acceptors (Lipinski definition) is 2. The molecule has 15 rings (SSSR count). The van der Waals surface area contributed by atoms with Gasteiger partial charge in [0.1, 0.15) is 11.2 Å². The van der Waals surface area contributed by atoms with Crippen molar-refractivity contribution >= 4 is 104 Å². The lowest BCUT2D eigenvalue weighted by molar-refractivity contribution is 0.669. The third-order valence-electron chi connectivity index (χ3n) is 14.2. The zero-order chi connectivity index (χ0) is 43.2. The highest BCUT2D eigenvalue weighted by Gasteiger charge is 2.22. The molecule has 5 heteroatoms. The Morgan fingerprint density at radius 2 is 0.848 bits per heavy atom. The van der Waals surface area contributed by atoms with Gasteiger partial charge < -0.3 is 13.6 Å². The zero-order valence-corrected chi connectivity index (χ0v) is 35.4. The maximum Gasteiger partial charge on any atom is 0.263 e. The van der Waals surface area contributed by atoms with Crippen LogP contribution in [-0.2, 0) is 0 Å². The van der Waals surface area contributed by atoms with Gasteiger partial charge in [0, 0.05) is 65.2 Å². The van der Waals surface area contributed by atoms with Gasteiger partial charge in [-0.15, -0.1) is 0 Å². The molecule has 0 spiro atoms. The summed E-state index contributed by atoms with van der Waals surface area (Å²) in [5.74, 6) is 0. The van der Waals surface area contributed by atoms with E-state index in [0.717, 1.165) is 88.1 Å². The van der Waals surface area contributed by atoms with Gasteiger partial charge in [0.05, 0.1) is 33.1 Å². The SMILES string of the molecule is O=c1c2ccccc2c2cc(-c3cccc4oc5ccc(-n6c7ccccc7c7cc(-c8ccc9c(c8)c8ccccc8n9-c8ccccc8)ccc76)cc5c34)cc3c4ccccc4n1c23. The molecule has 0 aliphatic rings. The molecule has 0 aliphatic carbocycles. The Balaban J connectivity index is 0.920. The van der Waals surface area contributed by atoms with Crippen LogP contribution in [0.25, 0.3) is 137 Å². The molecule has 15 aromatic rings. The number of pyridine rings is 1. The van der Waals surface area contributed by atoms with E-state index in [1.165, 1.54) is 43.7 Å². The lowest BCUT2D eigenvalue weighted by atomic mass is 9.95. The number of furan rings is 1. The molecule has 66 heavy (non-hydrogen) atoms. The van der Waals surface area contributed by atoms with E-state index in [-0.39, 0.29) is 5.56 Å². The van der Waals surface area contributed by atoms with E-state index in [0.29, 0.717) is 5.39 Å². The molecule has 0 amide bonds. The summed E-state index contributed by atoms with van der Waals surface area (Å²) in [5, 5.41) is 11.9. The Labute approximate surface area is 376 Å². The van der Waals surface area contributed by atoms with Gasteiger partial charge in [-0.1, -0.05) is 115 Å². The van der Waals surface area contributed by atoms with Crippen LogP contribution in [0.5, 0.6) is 0 Å². The van der Waals surface area contributed by atoms with Gasteiger partial charge in [0.25, 0.3) is 5.56 Å². The van der Waals surface area contributed by atoms with Gasteiger partial charge in [-0.3, -0.25) is 9.20 Å². The lowest BCUT2D eigenvalue weighted by Crippen LogP contribution is -2.12. The Morgan fingerprint density at radius 1 is 0.318 bits per heavy atom. The molecule has 306 valence electrons. The molecule has 5 heterocycles. The van der Waals surface area contributed by atoms with Gasteiger partial charge in [-0.05, 0) is 125 Å². The Hall–Kier alpha value is -8.93. The maximum atomic E-state index is 14.1. The van der Waals surface area contributed by atoms with E-state index < -0.39 is 0 Å². The van der Waals surface area contributed by atoms with E-state index in [2.05, 4.69) is 197 Å². The van der Waals surface area contributed by atoms with Gasteiger partial charge in [-0.2, -0.15) is 0 Å². The van der Waals surface area contributed by atoms with Crippen LogP contribution >= 0.6 is 0 Å². The van der Waals surface area contributed by atoms with E-state index in [1.54, 1.807) is 0 Å². The standard InChI is InChI=1S/C61H35N3O2/c65-61-46-19-5-4-15-42(46)49-33-38(34-50-45-18-8-11-23-54(45)64(61)60(49)50)41-20-12-24-58-59(41)51-35-40(27-30-57(51)66-58)63-53-22-10-7-17-44(53)48-32-37(26-29-56(48)63)36-25-28-55-47(31-36)43-16-6-9-21-52(43)62(55)39-13-2-1-3-14-39/h1-35H. The van der Waals surface area contributed by atoms with Gasteiger partial charge in [0.15, 0.2) is 0 Å². The third kappa shape index (κ3) is 4.75. The fraction of sp³-hybridized carbons (Fsp3) is 0. The highest BCUT2D eigenvalue weighted by atomic mass is 16.3. The van der Waals surface area contributed by atoms with E-state index in [1.807, 2.05) is 28.7 Å². The third-order valence-corrected chi connectivity index (χ3v) is 14.2. The summed E-state index contributed by atoms with van der Waals surface area (Å²) in [6, 6.07) is 75.6. The number of rotatable bonds is 4. The van der Waals surface area contributed by atoms with Gasteiger partial charge >= 0.3 is 0 Å². The average Bonchev–Trinajstić information content (AvgIpc) is 4.12. The number of hydrogen-bond donors (Lipinski definition) is 0. The molecular weight excluding hydrogens is 807 g/mol. The van der Waals surface area contributed by atoms with Crippen molar-refractivity contribution in [3.05, 3.63) is 223 Å². The number of benzene rings is 10. The molecule has 0 bridgehead atoms. The van der Waals surface area contributed by atoms with Crippen LogP contribution in [0.15, 0.2) is 222 Å².